The predicted molar refractivity (Wildman–Crippen MR) is 79.0 cm³/mol. The van der Waals surface area contributed by atoms with Crippen LogP contribution in [0.4, 0.5) is 5.69 Å². The minimum Gasteiger partial charge on any atom is -0.354 e. The molecule has 0 unspecified atom stereocenters. The molecule has 0 aliphatic carbocycles. The highest BCUT2D eigenvalue weighted by Crippen LogP contribution is 2.15. The average Bonchev–Trinajstić information content (AvgIpc) is 2.80. The first-order chi connectivity index (χ1) is 9.99. The van der Waals surface area contributed by atoms with Gasteiger partial charge in [0.1, 0.15) is 18.4 Å². The first-order valence-electron chi connectivity index (χ1n) is 7.15. The molecular formula is C13H23N5O3. The van der Waals surface area contributed by atoms with Crippen LogP contribution in [0, 0.1) is 17.0 Å². The Labute approximate surface area is 124 Å². The van der Waals surface area contributed by atoms with Crippen molar-refractivity contribution in [3.8, 4) is 0 Å². The number of aromatic nitrogens is 2. The molecule has 0 spiro atoms. The Morgan fingerprint density at radius 3 is 2.67 bits per heavy atom. The van der Waals surface area contributed by atoms with E-state index < -0.39 is 4.92 Å². The molecule has 8 heteroatoms. The van der Waals surface area contributed by atoms with Crippen LogP contribution in [-0.4, -0.2) is 51.7 Å². The van der Waals surface area contributed by atoms with Gasteiger partial charge in [0.05, 0.1) is 4.92 Å². The molecule has 1 aromatic rings. The van der Waals surface area contributed by atoms with E-state index in [2.05, 4.69) is 29.2 Å². The lowest BCUT2D eigenvalue weighted by molar-refractivity contribution is -0.385. The highest BCUT2D eigenvalue weighted by atomic mass is 16.6. The highest BCUT2D eigenvalue weighted by molar-refractivity contribution is 5.75. The maximum Gasteiger partial charge on any atom is 0.309 e. The maximum absolute atomic E-state index is 11.8. The van der Waals surface area contributed by atoms with Crippen molar-refractivity contribution in [1.29, 1.82) is 0 Å². The number of amides is 1. The molecule has 0 saturated carbocycles. The van der Waals surface area contributed by atoms with Gasteiger partial charge in [-0.3, -0.25) is 19.6 Å². The van der Waals surface area contributed by atoms with Crippen molar-refractivity contribution in [2.45, 2.75) is 33.7 Å². The normalized spacial score (nSPS) is 10.9. The largest absolute Gasteiger partial charge is 0.354 e. The van der Waals surface area contributed by atoms with Gasteiger partial charge in [-0.1, -0.05) is 13.8 Å². The van der Waals surface area contributed by atoms with E-state index in [0.717, 1.165) is 26.1 Å². The quantitative estimate of drug-likeness (QED) is 0.416. The molecule has 21 heavy (non-hydrogen) atoms. The summed E-state index contributed by atoms with van der Waals surface area (Å²) in [6, 6.07) is 0. The van der Waals surface area contributed by atoms with Crippen molar-refractivity contribution in [3.05, 3.63) is 22.0 Å². The highest BCUT2D eigenvalue weighted by Gasteiger charge is 2.17. The fourth-order valence-electron chi connectivity index (χ4n) is 2.04. The van der Waals surface area contributed by atoms with E-state index in [4.69, 9.17) is 0 Å². The molecule has 0 atom stereocenters. The number of nitrogens with one attached hydrogen (secondary N) is 1. The number of nitrogens with zero attached hydrogens (tertiary/aromatic N) is 4. The molecule has 1 heterocycles. The van der Waals surface area contributed by atoms with Gasteiger partial charge in [-0.2, -0.15) is 5.10 Å². The molecule has 1 N–H and O–H groups in total. The molecule has 0 bridgehead atoms. The van der Waals surface area contributed by atoms with E-state index in [1.165, 1.54) is 10.9 Å². The van der Waals surface area contributed by atoms with Gasteiger partial charge in [0.2, 0.25) is 5.91 Å². The SMILES string of the molecule is CCN(CC)CCCNC(=O)Cn1ncc([N+](=O)[O-])c1C. The topological polar surface area (TPSA) is 93.3 Å². The zero-order valence-electron chi connectivity index (χ0n) is 12.8. The first kappa shape index (κ1) is 17.1. The van der Waals surface area contributed by atoms with Gasteiger partial charge in [0.25, 0.3) is 0 Å². The number of hydrogen-bond acceptors (Lipinski definition) is 5. The summed E-state index contributed by atoms with van der Waals surface area (Å²) in [5.41, 5.74) is 0.322. The van der Waals surface area contributed by atoms with Crippen LogP contribution >= 0.6 is 0 Å². The summed E-state index contributed by atoms with van der Waals surface area (Å²) in [5, 5.41) is 17.4. The number of nitro groups is 1. The minimum absolute atomic E-state index is 0.00490. The summed E-state index contributed by atoms with van der Waals surface area (Å²) >= 11 is 0. The molecule has 1 amide bonds. The summed E-state index contributed by atoms with van der Waals surface area (Å²) in [5.74, 6) is -0.185. The minimum atomic E-state index is -0.499. The molecule has 0 saturated heterocycles. The molecule has 0 aliphatic heterocycles. The van der Waals surface area contributed by atoms with E-state index >= 15 is 0 Å². The van der Waals surface area contributed by atoms with Crippen molar-refractivity contribution in [1.82, 2.24) is 20.0 Å². The van der Waals surface area contributed by atoms with Crippen molar-refractivity contribution in [2.24, 2.45) is 0 Å². The van der Waals surface area contributed by atoms with Crippen LogP contribution in [0.5, 0.6) is 0 Å². The van der Waals surface area contributed by atoms with Crippen molar-refractivity contribution < 1.29 is 9.72 Å². The molecule has 0 fully saturated rings. The van der Waals surface area contributed by atoms with Crippen LogP contribution in [0.25, 0.3) is 0 Å². The Balaban J connectivity index is 2.36. The Morgan fingerprint density at radius 1 is 1.48 bits per heavy atom. The summed E-state index contributed by atoms with van der Waals surface area (Å²) in [6.45, 7) is 9.34. The Kier molecular flexibility index (Phi) is 6.80. The van der Waals surface area contributed by atoms with E-state index in [-0.39, 0.29) is 18.1 Å². The summed E-state index contributed by atoms with van der Waals surface area (Å²) in [6.07, 6.45) is 2.05. The van der Waals surface area contributed by atoms with Crippen molar-refractivity contribution in [2.75, 3.05) is 26.2 Å². The van der Waals surface area contributed by atoms with E-state index in [0.29, 0.717) is 12.2 Å². The summed E-state index contributed by atoms with van der Waals surface area (Å²) in [4.78, 5) is 24.3. The second kappa shape index (κ2) is 8.35. The van der Waals surface area contributed by atoms with Gasteiger partial charge in [-0.15, -0.1) is 0 Å². The molecule has 8 nitrogen and oxygen atoms in total. The van der Waals surface area contributed by atoms with Crippen LogP contribution in [0.2, 0.25) is 0 Å². The molecule has 0 aromatic carbocycles. The first-order valence-corrected chi connectivity index (χ1v) is 7.15. The monoisotopic (exact) mass is 297 g/mol. The molecule has 0 radical (unpaired) electrons. The van der Waals surface area contributed by atoms with Crippen LogP contribution in [0.15, 0.2) is 6.20 Å². The smallest absolute Gasteiger partial charge is 0.309 e. The molecule has 0 aliphatic rings. The zero-order valence-corrected chi connectivity index (χ0v) is 12.8. The summed E-state index contributed by atoms with van der Waals surface area (Å²) in [7, 11) is 0. The number of carbonyl (C=O) groups excluding carboxylic acids is 1. The Hall–Kier alpha value is -1.96. The Bertz CT molecular complexity index is 482. The zero-order chi connectivity index (χ0) is 15.8. The maximum atomic E-state index is 11.8. The molecule has 1 aromatic heterocycles. The lowest BCUT2D eigenvalue weighted by Gasteiger charge is -2.17. The Morgan fingerprint density at radius 2 is 2.14 bits per heavy atom. The molecule has 1 rings (SSSR count). The number of rotatable bonds is 9. The lowest BCUT2D eigenvalue weighted by atomic mass is 10.3. The third-order valence-corrected chi connectivity index (χ3v) is 3.44. The average molecular weight is 297 g/mol. The predicted octanol–water partition coefficient (Wildman–Crippen LogP) is 0.948. The third kappa shape index (κ3) is 5.14. The standard InChI is InChI=1S/C13H23N5O3/c1-4-16(5-2)8-6-7-14-13(19)10-17-11(3)12(9-15-17)18(20)21/h9H,4-8,10H2,1-3H3,(H,14,19). The van der Waals surface area contributed by atoms with E-state index in [1.54, 1.807) is 6.92 Å². The van der Waals surface area contributed by atoms with Crippen LogP contribution in [0.1, 0.15) is 26.0 Å². The molecule has 118 valence electrons. The second-order valence-corrected chi connectivity index (χ2v) is 4.76. The second-order valence-electron chi connectivity index (χ2n) is 4.76. The van der Waals surface area contributed by atoms with Crippen LogP contribution < -0.4 is 5.32 Å². The fraction of sp³-hybridized carbons (Fsp3) is 0.692. The van der Waals surface area contributed by atoms with Gasteiger partial charge in [0.15, 0.2) is 0 Å². The number of hydrogen-bond donors (Lipinski definition) is 1. The number of carbonyl (C=O) groups is 1. The van der Waals surface area contributed by atoms with Gasteiger partial charge in [0, 0.05) is 6.54 Å². The van der Waals surface area contributed by atoms with Crippen molar-refractivity contribution in [3.63, 3.8) is 0 Å². The van der Waals surface area contributed by atoms with Gasteiger partial charge in [-0.05, 0) is 33.0 Å². The van der Waals surface area contributed by atoms with Gasteiger partial charge >= 0.3 is 5.69 Å². The van der Waals surface area contributed by atoms with E-state index in [9.17, 15) is 14.9 Å². The van der Waals surface area contributed by atoms with E-state index in [1.807, 2.05) is 0 Å². The van der Waals surface area contributed by atoms with Crippen molar-refractivity contribution >= 4 is 11.6 Å². The molecular weight excluding hydrogens is 274 g/mol. The van der Waals surface area contributed by atoms with Gasteiger partial charge in [-0.25, -0.2) is 0 Å². The summed E-state index contributed by atoms with van der Waals surface area (Å²) < 4.78 is 1.35. The van der Waals surface area contributed by atoms with Crippen LogP contribution in [-0.2, 0) is 11.3 Å². The fourth-order valence-corrected chi connectivity index (χ4v) is 2.04. The van der Waals surface area contributed by atoms with Gasteiger partial charge < -0.3 is 10.2 Å². The third-order valence-electron chi connectivity index (χ3n) is 3.44. The van der Waals surface area contributed by atoms with Crippen LogP contribution in [0.3, 0.4) is 0 Å². The lowest BCUT2D eigenvalue weighted by Crippen LogP contribution is -2.32.